The number of aryl methyl sites for hydroxylation is 3. The zero-order chi connectivity index (χ0) is 16.7. The highest BCUT2D eigenvalue weighted by atomic mass is 15.2. The summed E-state index contributed by atoms with van der Waals surface area (Å²) in [4.78, 5) is 6.55. The van der Waals surface area contributed by atoms with E-state index in [1.54, 1.807) is 0 Å². The molecule has 0 saturated carbocycles. The van der Waals surface area contributed by atoms with Crippen molar-refractivity contribution in [3.8, 4) is 11.3 Å². The normalized spacial score (nSPS) is 11.2. The first-order valence-corrected chi connectivity index (χ1v) is 7.85. The van der Waals surface area contributed by atoms with Crippen LogP contribution >= 0.6 is 0 Å². The summed E-state index contributed by atoms with van der Waals surface area (Å²) in [5.74, 6) is 0.948. The van der Waals surface area contributed by atoms with Crippen LogP contribution in [0, 0.1) is 13.8 Å². The quantitative estimate of drug-likeness (QED) is 0.807. The fourth-order valence-corrected chi connectivity index (χ4v) is 2.90. The fourth-order valence-electron chi connectivity index (χ4n) is 2.90. The Hall–Kier alpha value is -2.56. The highest BCUT2D eigenvalue weighted by Gasteiger charge is 2.16. The highest BCUT2D eigenvalue weighted by Crippen LogP contribution is 2.30. The summed E-state index contributed by atoms with van der Waals surface area (Å²) in [6.07, 6.45) is 2.74. The first-order chi connectivity index (χ1) is 10.9. The highest BCUT2D eigenvalue weighted by molar-refractivity contribution is 5.80. The molecule has 0 unspecified atom stereocenters. The number of nitrogens with zero attached hydrogens (tertiary/aromatic N) is 4. The Labute approximate surface area is 136 Å². The third-order valence-corrected chi connectivity index (χ3v) is 4.26. The van der Waals surface area contributed by atoms with Gasteiger partial charge < -0.3 is 10.6 Å². The Balaban J connectivity index is 2.27. The average molecular weight is 309 g/mol. The monoisotopic (exact) mass is 309 g/mol. The molecule has 0 aliphatic rings. The number of pyridine rings is 2. The summed E-state index contributed by atoms with van der Waals surface area (Å²) < 4.78 is 1.96. The third-order valence-electron chi connectivity index (χ3n) is 4.26. The smallest absolute Gasteiger partial charge is 0.128 e. The van der Waals surface area contributed by atoms with Crippen LogP contribution in [0.2, 0.25) is 0 Å². The predicted molar refractivity (Wildman–Crippen MR) is 96.0 cm³/mol. The maximum atomic E-state index is 6.29. The maximum absolute atomic E-state index is 6.29. The molecule has 3 heterocycles. The number of rotatable bonds is 3. The number of nitrogen functional groups attached to an aromatic ring is 1. The zero-order valence-corrected chi connectivity index (χ0v) is 14.4. The fraction of sp³-hybridized carbons (Fsp3) is 0.333. The van der Waals surface area contributed by atoms with Gasteiger partial charge in [0, 0.05) is 25.9 Å². The molecule has 3 rings (SSSR count). The van der Waals surface area contributed by atoms with Gasteiger partial charge in [-0.25, -0.2) is 9.50 Å². The van der Waals surface area contributed by atoms with Gasteiger partial charge in [-0.15, -0.1) is 0 Å². The molecule has 0 aromatic carbocycles. The van der Waals surface area contributed by atoms with Crippen LogP contribution < -0.4 is 10.6 Å². The minimum Gasteiger partial charge on any atom is -0.395 e. The first-order valence-electron chi connectivity index (χ1n) is 7.85. The molecular weight excluding hydrogens is 286 g/mol. The molecule has 0 atom stereocenters. The number of nitrogens with two attached hydrogens (primary N) is 1. The lowest BCUT2D eigenvalue weighted by Gasteiger charge is -2.15. The number of anilines is 2. The van der Waals surface area contributed by atoms with Gasteiger partial charge in [-0.3, -0.25) is 0 Å². The lowest BCUT2D eigenvalue weighted by molar-refractivity contribution is 0.900. The maximum Gasteiger partial charge on any atom is 0.128 e. The summed E-state index contributed by atoms with van der Waals surface area (Å²) in [6.45, 7) is 6.24. The Kier molecular flexibility index (Phi) is 3.72. The molecule has 0 radical (unpaired) electrons. The van der Waals surface area contributed by atoms with Crippen molar-refractivity contribution in [1.29, 1.82) is 0 Å². The molecule has 3 aromatic heterocycles. The van der Waals surface area contributed by atoms with E-state index in [1.165, 1.54) is 5.56 Å². The van der Waals surface area contributed by atoms with Crippen LogP contribution in [0.25, 0.3) is 16.8 Å². The summed E-state index contributed by atoms with van der Waals surface area (Å²) >= 11 is 0. The van der Waals surface area contributed by atoms with Crippen molar-refractivity contribution in [1.82, 2.24) is 14.6 Å². The van der Waals surface area contributed by atoms with Crippen molar-refractivity contribution in [3.63, 3.8) is 0 Å². The predicted octanol–water partition coefficient (Wildman–Crippen LogP) is 3.22. The first kappa shape index (κ1) is 15.3. The molecule has 3 aromatic rings. The lowest BCUT2D eigenvalue weighted by atomic mass is 10.1. The Morgan fingerprint density at radius 3 is 2.52 bits per heavy atom. The van der Waals surface area contributed by atoms with Gasteiger partial charge in [0.2, 0.25) is 0 Å². The largest absolute Gasteiger partial charge is 0.395 e. The molecule has 0 aliphatic heterocycles. The lowest BCUT2D eigenvalue weighted by Crippen LogP contribution is -2.11. The number of hydrogen-bond donors (Lipinski definition) is 1. The zero-order valence-electron chi connectivity index (χ0n) is 14.4. The van der Waals surface area contributed by atoms with Gasteiger partial charge in [-0.2, -0.15) is 5.10 Å². The van der Waals surface area contributed by atoms with Crippen molar-refractivity contribution < 1.29 is 0 Å². The van der Waals surface area contributed by atoms with Gasteiger partial charge >= 0.3 is 0 Å². The molecule has 0 aliphatic carbocycles. The van der Waals surface area contributed by atoms with Crippen LogP contribution in [-0.4, -0.2) is 28.7 Å². The molecule has 23 heavy (non-hydrogen) atoms. The summed E-state index contributed by atoms with van der Waals surface area (Å²) in [5.41, 5.74) is 13.4. The van der Waals surface area contributed by atoms with Crippen LogP contribution in [0.4, 0.5) is 11.5 Å². The van der Waals surface area contributed by atoms with E-state index >= 15 is 0 Å². The molecule has 2 N–H and O–H groups in total. The van der Waals surface area contributed by atoms with Gasteiger partial charge in [0.25, 0.3) is 0 Å². The van der Waals surface area contributed by atoms with E-state index in [1.807, 2.05) is 29.7 Å². The van der Waals surface area contributed by atoms with E-state index in [0.717, 1.165) is 46.0 Å². The van der Waals surface area contributed by atoms with Gasteiger partial charge in [0.1, 0.15) is 5.82 Å². The summed E-state index contributed by atoms with van der Waals surface area (Å²) in [7, 11) is 3.99. The SMILES string of the molecule is CCc1nn2c(-c3cnc(N(C)C)cc3C)ccc(C)c2c1N. The van der Waals surface area contributed by atoms with Crippen LogP contribution in [0.5, 0.6) is 0 Å². The average Bonchev–Trinajstić information content (AvgIpc) is 2.86. The van der Waals surface area contributed by atoms with Crippen molar-refractivity contribution in [2.24, 2.45) is 0 Å². The number of aromatic nitrogens is 3. The van der Waals surface area contributed by atoms with E-state index in [0.29, 0.717) is 0 Å². The number of fused-ring (bicyclic) bond motifs is 1. The summed E-state index contributed by atoms with van der Waals surface area (Å²) in [5, 5.41) is 4.72. The Morgan fingerprint density at radius 2 is 1.91 bits per heavy atom. The van der Waals surface area contributed by atoms with Crippen LogP contribution in [0.1, 0.15) is 23.7 Å². The van der Waals surface area contributed by atoms with E-state index in [-0.39, 0.29) is 0 Å². The molecule has 0 spiro atoms. The molecule has 0 saturated heterocycles. The van der Waals surface area contributed by atoms with Crippen LogP contribution in [0.3, 0.4) is 0 Å². The van der Waals surface area contributed by atoms with Gasteiger partial charge in [0.05, 0.1) is 22.6 Å². The van der Waals surface area contributed by atoms with Gasteiger partial charge in [-0.1, -0.05) is 13.0 Å². The number of hydrogen-bond acceptors (Lipinski definition) is 4. The van der Waals surface area contributed by atoms with Crippen LogP contribution in [0.15, 0.2) is 24.4 Å². The minimum absolute atomic E-state index is 0.780. The van der Waals surface area contributed by atoms with Crippen molar-refractivity contribution in [2.45, 2.75) is 27.2 Å². The molecular formula is C18H23N5. The second-order valence-electron chi connectivity index (χ2n) is 6.13. The summed E-state index contributed by atoms with van der Waals surface area (Å²) in [6, 6.07) is 6.28. The molecule has 0 bridgehead atoms. The van der Waals surface area contributed by atoms with E-state index < -0.39 is 0 Å². The molecule has 0 fully saturated rings. The minimum atomic E-state index is 0.780. The van der Waals surface area contributed by atoms with Gasteiger partial charge in [-0.05, 0) is 43.5 Å². The van der Waals surface area contributed by atoms with Crippen molar-refractivity contribution in [2.75, 3.05) is 24.7 Å². The standard InChI is InChI=1S/C18H23N5/c1-6-14-17(19)18-11(2)7-8-15(23(18)21-14)13-10-20-16(22(4)5)9-12(13)3/h7-10H,6,19H2,1-5H3. The van der Waals surface area contributed by atoms with Crippen LogP contribution in [-0.2, 0) is 6.42 Å². The second kappa shape index (κ2) is 5.57. The molecule has 120 valence electrons. The Bertz CT molecular complexity index is 877. The van der Waals surface area contributed by atoms with E-state index in [4.69, 9.17) is 10.8 Å². The Morgan fingerprint density at radius 1 is 1.17 bits per heavy atom. The second-order valence-corrected chi connectivity index (χ2v) is 6.13. The van der Waals surface area contributed by atoms with Crippen molar-refractivity contribution in [3.05, 3.63) is 41.2 Å². The molecule has 0 amide bonds. The van der Waals surface area contributed by atoms with E-state index in [9.17, 15) is 0 Å². The third kappa shape index (κ3) is 2.42. The van der Waals surface area contributed by atoms with Crippen molar-refractivity contribution >= 4 is 17.0 Å². The van der Waals surface area contributed by atoms with E-state index in [2.05, 4.69) is 44.0 Å². The topological polar surface area (TPSA) is 59.5 Å². The molecule has 5 heteroatoms. The van der Waals surface area contributed by atoms with Gasteiger partial charge in [0.15, 0.2) is 0 Å². The molecule has 5 nitrogen and oxygen atoms in total.